The van der Waals surface area contributed by atoms with Gasteiger partial charge in [0.25, 0.3) is 5.91 Å². The van der Waals surface area contributed by atoms with Crippen molar-refractivity contribution in [3.8, 4) is 0 Å². The Kier molecular flexibility index (Phi) is 9.18. The third-order valence-electron chi connectivity index (χ3n) is 7.97. The zero-order chi connectivity index (χ0) is 27.2. The highest BCUT2D eigenvalue weighted by atomic mass is 19.1. The summed E-state index contributed by atoms with van der Waals surface area (Å²) in [6.45, 7) is 8.38. The standard InChI is InChI=1S/C29H37F2N5O3/c30-24-5-1-22(2-6-24)20-35(14-13-33-15-17-39-18-16-33)26-19-27(29(38)34-11-9-32-10-12-34)36(21-26)28(37)23-3-7-25(31)8-4-23/h1-8,26-27,32H,9-21H2. The van der Waals surface area contributed by atoms with Crippen LogP contribution in [0.3, 0.4) is 0 Å². The number of carbonyl (C=O) groups is 2. The second-order valence-electron chi connectivity index (χ2n) is 10.5. The van der Waals surface area contributed by atoms with Gasteiger partial charge in [-0.1, -0.05) is 12.1 Å². The number of hydrogen-bond donors (Lipinski definition) is 1. The fourth-order valence-electron chi connectivity index (χ4n) is 5.70. The normalized spacial score (nSPS) is 22.4. The van der Waals surface area contributed by atoms with Gasteiger partial charge >= 0.3 is 0 Å². The lowest BCUT2D eigenvalue weighted by Crippen LogP contribution is -2.53. The first-order chi connectivity index (χ1) is 19.0. The van der Waals surface area contributed by atoms with Gasteiger partial charge in [0.05, 0.1) is 13.2 Å². The molecule has 2 aromatic carbocycles. The molecule has 10 heteroatoms. The summed E-state index contributed by atoms with van der Waals surface area (Å²) < 4.78 is 32.7. The van der Waals surface area contributed by atoms with Crippen molar-refractivity contribution in [1.29, 1.82) is 0 Å². The molecule has 3 fully saturated rings. The lowest BCUT2D eigenvalue weighted by atomic mass is 10.1. The van der Waals surface area contributed by atoms with E-state index >= 15 is 0 Å². The predicted octanol–water partition coefficient (Wildman–Crippen LogP) is 1.81. The molecule has 3 aliphatic heterocycles. The molecule has 1 N–H and O–H groups in total. The van der Waals surface area contributed by atoms with E-state index in [0.717, 1.165) is 44.8 Å². The first kappa shape index (κ1) is 27.6. The molecule has 2 unspecified atom stereocenters. The van der Waals surface area contributed by atoms with E-state index < -0.39 is 11.9 Å². The van der Waals surface area contributed by atoms with Crippen molar-refractivity contribution >= 4 is 11.8 Å². The molecule has 3 aliphatic rings. The van der Waals surface area contributed by atoms with Gasteiger partial charge in [0.2, 0.25) is 5.91 Å². The van der Waals surface area contributed by atoms with Gasteiger partial charge in [-0.3, -0.25) is 19.4 Å². The van der Waals surface area contributed by atoms with Gasteiger partial charge in [-0.05, 0) is 48.4 Å². The van der Waals surface area contributed by atoms with Crippen molar-refractivity contribution < 1.29 is 23.1 Å². The Morgan fingerprint density at radius 3 is 2.23 bits per heavy atom. The molecule has 0 aromatic heterocycles. The molecular weight excluding hydrogens is 504 g/mol. The van der Waals surface area contributed by atoms with Crippen LogP contribution in [0.2, 0.25) is 0 Å². The van der Waals surface area contributed by atoms with Crippen molar-refractivity contribution in [2.24, 2.45) is 0 Å². The van der Waals surface area contributed by atoms with Gasteiger partial charge in [0.15, 0.2) is 0 Å². The van der Waals surface area contributed by atoms with E-state index in [2.05, 4.69) is 15.1 Å². The van der Waals surface area contributed by atoms with E-state index in [4.69, 9.17) is 4.74 Å². The first-order valence-electron chi connectivity index (χ1n) is 13.8. The van der Waals surface area contributed by atoms with Crippen LogP contribution >= 0.6 is 0 Å². The van der Waals surface area contributed by atoms with E-state index in [1.54, 1.807) is 17.0 Å². The Bertz CT molecular complexity index is 1100. The number of morpholine rings is 1. The quantitative estimate of drug-likeness (QED) is 0.550. The number of benzene rings is 2. The number of piperazine rings is 1. The molecule has 0 radical (unpaired) electrons. The third kappa shape index (κ3) is 7.00. The van der Waals surface area contributed by atoms with Crippen molar-refractivity contribution in [2.75, 3.05) is 72.1 Å². The number of halogens is 2. The van der Waals surface area contributed by atoms with Crippen LogP contribution in [0.25, 0.3) is 0 Å². The summed E-state index contributed by atoms with van der Waals surface area (Å²) >= 11 is 0. The Morgan fingerprint density at radius 2 is 1.56 bits per heavy atom. The Morgan fingerprint density at radius 1 is 0.923 bits per heavy atom. The summed E-state index contributed by atoms with van der Waals surface area (Å²) in [4.78, 5) is 35.6. The fourth-order valence-corrected chi connectivity index (χ4v) is 5.70. The van der Waals surface area contributed by atoms with Gasteiger partial charge in [-0.25, -0.2) is 8.78 Å². The molecule has 39 heavy (non-hydrogen) atoms. The Balaban J connectivity index is 1.38. The highest BCUT2D eigenvalue weighted by Crippen LogP contribution is 2.28. The summed E-state index contributed by atoms with van der Waals surface area (Å²) in [5, 5.41) is 3.27. The van der Waals surface area contributed by atoms with Crippen LogP contribution in [0.1, 0.15) is 22.3 Å². The van der Waals surface area contributed by atoms with E-state index in [1.807, 2.05) is 4.90 Å². The van der Waals surface area contributed by atoms with Gasteiger partial charge in [-0.2, -0.15) is 0 Å². The first-order valence-corrected chi connectivity index (χ1v) is 13.8. The zero-order valence-electron chi connectivity index (χ0n) is 22.2. The lowest BCUT2D eigenvalue weighted by molar-refractivity contribution is -0.135. The van der Waals surface area contributed by atoms with Crippen LogP contribution in [0.4, 0.5) is 8.78 Å². The van der Waals surface area contributed by atoms with E-state index in [-0.39, 0.29) is 23.7 Å². The number of rotatable bonds is 8. The molecule has 8 nitrogen and oxygen atoms in total. The Labute approximate surface area is 228 Å². The molecule has 0 spiro atoms. The van der Waals surface area contributed by atoms with Gasteiger partial charge in [0, 0.05) is 77.1 Å². The molecule has 0 bridgehead atoms. The number of nitrogens with one attached hydrogen (secondary N) is 1. The summed E-state index contributed by atoms with van der Waals surface area (Å²) in [6.07, 6.45) is 0.514. The third-order valence-corrected chi connectivity index (χ3v) is 7.97. The van der Waals surface area contributed by atoms with Crippen LogP contribution in [0.15, 0.2) is 48.5 Å². The van der Waals surface area contributed by atoms with E-state index in [0.29, 0.717) is 51.4 Å². The molecule has 210 valence electrons. The molecule has 5 rings (SSSR count). The molecule has 0 aliphatic carbocycles. The van der Waals surface area contributed by atoms with E-state index in [9.17, 15) is 18.4 Å². The summed E-state index contributed by atoms with van der Waals surface area (Å²) in [6, 6.07) is 11.4. The number of likely N-dealkylation sites (tertiary alicyclic amines) is 1. The van der Waals surface area contributed by atoms with Crippen LogP contribution in [-0.2, 0) is 16.1 Å². The molecule has 2 atom stereocenters. The average molecular weight is 542 g/mol. The minimum atomic E-state index is -0.593. The smallest absolute Gasteiger partial charge is 0.254 e. The van der Waals surface area contributed by atoms with Crippen molar-refractivity contribution in [1.82, 2.24) is 24.9 Å². The Hall–Kier alpha value is -2.92. The monoisotopic (exact) mass is 541 g/mol. The second kappa shape index (κ2) is 13.0. The largest absolute Gasteiger partial charge is 0.379 e. The maximum absolute atomic E-state index is 13.7. The lowest BCUT2D eigenvalue weighted by Gasteiger charge is -2.33. The summed E-state index contributed by atoms with van der Waals surface area (Å²) in [7, 11) is 0. The van der Waals surface area contributed by atoms with Gasteiger partial charge in [0.1, 0.15) is 17.7 Å². The number of amides is 2. The molecule has 0 saturated carbocycles. The average Bonchev–Trinajstić information content (AvgIpc) is 3.42. The highest BCUT2D eigenvalue weighted by Gasteiger charge is 2.43. The number of hydrogen-bond acceptors (Lipinski definition) is 6. The highest BCUT2D eigenvalue weighted by molar-refractivity contribution is 5.98. The molecule has 2 amide bonds. The zero-order valence-corrected chi connectivity index (χ0v) is 22.2. The van der Waals surface area contributed by atoms with Gasteiger partial charge in [-0.15, -0.1) is 0 Å². The number of carbonyl (C=O) groups excluding carboxylic acids is 2. The molecule has 2 aromatic rings. The van der Waals surface area contributed by atoms with Crippen LogP contribution < -0.4 is 5.32 Å². The topological polar surface area (TPSA) is 68.4 Å². The van der Waals surface area contributed by atoms with Crippen LogP contribution in [-0.4, -0.2) is 116 Å². The summed E-state index contributed by atoms with van der Waals surface area (Å²) in [5.41, 5.74) is 1.35. The van der Waals surface area contributed by atoms with Crippen molar-refractivity contribution in [3.05, 3.63) is 71.3 Å². The van der Waals surface area contributed by atoms with Gasteiger partial charge < -0.3 is 19.9 Å². The molecule has 3 saturated heterocycles. The van der Waals surface area contributed by atoms with Crippen LogP contribution in [0, 0.1) is 11.6 Å². The molecule has 3 heterocycles. The maximum Gasteiger partial charge on any atom is 0.254 e. The number of nitrogens with zero attached hydrogens (tertiary/aromatic N) is 4. The van der Waals surface area contributed by atoms with Crippen molar-refractivity contribution in [2.45, 2.75) is 25.0 Å². The second-order valence-corrected chi connectivity index (χ2v) is 10.5. The SMILES string of the molecule is O=C(C1CC(N(CCN2CCOCC2)Cc2ccc(F)cc2)CN1C(=O)c1ccc(F)cc1)N1CCNCC1. The predicted molar refractivity (Wildman–Crippen MR) is 143 cm³/mol. The maximum atomic E-state index is 13.7. The van der Waals surface area contributed by atoms with E-state index in [1.165, 1.54) is 36.4 Å². The van der Waals surface area contributed by atoms with Crippen LogP contribution in [0.5, 0.6) is 0 Å². The minimum Gasteiger partial charge on any atom is -0.379 e. The summed E-state index contributed by atoms with van der Waals surface area (Å²) in [5.74, 6) is -0.990. The van der Waals surface area contributed by atoms with Crippen molar-refractivity contribution in [3.63, 3.8) is 0 Å². The molecular formula is C29H37F2N5O3. The number of ether oxygens (including phenoxy) is 1. The minimum absolute atomic E-state index is 0.0376. The fraction of sp³-hybridized carbons (Fsp3) is 0.517.